The van der Waals surface area contributed by atoms with Gasteiger partial charge >= 0.3 is 12.6 Å². The molecular weight excluding hydrogens is 256 g/mol. The molecule has 2 atom stereocenters. The summed E-state index contributed by atoms with van der Waals surface area (Å²) in [5.41, 5.74) is 0.859. The van der Waals surface area contributed by atoms with E-state index in [1.807, 2.05) is 6.92 Å². The Morgan fingerprint density at radius 3 is 2.26 bits per heavy atom. The van der Waals surface area contributed by atoms with Crippen molar-refractivity contribution < 1.29 is 23.0 Å². The Balaban J connectivity index is 2.62. The summed E-state index contributed by atoms with van der Waals surface area (Å²) in [6.45, 7) is 0.722. The molecule has 0 saturated heterocycles. The standard InChI is InChI=1S/C13H17F2NO3/c1-8(16-9(2)12(17)18-3)10-4-6-11(7-5-10)19-13(14)15/h4-9,13,16H,1-3H3. The van der Waals surface area contributed by atoms with Crippen LogP contribution in [0.25, 0.3) is 0 Å². The van der Waals surface area contributed by atoms with Gasteiger partial charge in [0.25, 0.3) is 0 Å². The first kappa shape index (κ1) is 15.4. The number of halogens is 2. The molecule has 1 N–H and O–H groups in total. The molecule has 0 radical (unpaired) electrons. The summed E-state index contributed by atoms with van der Waals surface area (Å²) in [7, 11) is 1.32. The van der Waals surface area contributed by atoms with E-state index >= 15 is 0 Å². The first-order valence-corrected chi connectivity index (χ1v) is 5.82. The highest BCUT2D eigenvalue weighted by Crippen LogP contribution is 2.19. The van der Waals surface area contributed by atoms with Crippen molar-refractivity contribution in [2.45, 2.75) is 32.5 Å². The molecule has 0 fully saturated rings. The number of ether oxygens (including phenoxy) is 2. The molecule has 2 unspecified atom stereocenters. The molecule has 6 heteroatoms. The molecule has 1 aromatic rings. The lowest BCUT2D eigenvalue weighted by atomic mass is 10.1. The molecule has 106 valence electrons. The number of esters is 1. The number of carbonyl (C=O) groups is 1. The van der Waals surface area contributed by atoms with Crippen LogP contribution < -0.4 is 10.1 Å². The predicted octanol–water partition coefficient (Wildman–Crippen LogP) is 2.50. The second-order valence-corrected chi connectivity index (χ2v) is 4.08. The second kappa shape index (κ2) is 7.04. The number of methoxy groups -OCH3 is 1. The van der Waals surface area contributed by atoms with Crippen LogP contribution in [0.3, 0.4) is 0 Å². The third kappa shape index (κ3) is 4.82. The maximum absolute atomic E-state index is 12.0. The van der Waals surface area contributed by atoms with E-state index < -0.39 is 12.7 Å². The van der Waals surface area contributed by atoms with Gasteiger partial charge in [-0.05, 0) is 31.5 Å². The Kier molecular flexibility index (Phi) is 5.69. The Morgan fingerprint density at radius 1 is 1.21 bits per heavy atom. The van der Waals surface area contributed by atoms with Gasteiger partial charge in [0.15, 0.2) is 0 Å². The van der Waals surface area contributed by atoms with Crippen molar-refractivity contribution in [2.75, 3.05) is 7.11 Å². The number of carbonyl (C=O) groups excluding carboxylic acids is 1. The maximum Gasteiger partial charge on any atom is 0.387 e. The molecule has 0 bridgehead atoms. The van der Waals surface area contributed by atoms with Crippen LogP contribution in [0.2, 0.25) is 0 Å². The third-order valence-corrected chi connectivity index (χ3v) is 2.66. The fraction of sp³-hybridized carbons (Fsp3) is 0.462. The van der Waals surface area contributed by atoms with Gasteiger partial charge in [-0.15, -0.1) is 0 Å². The van der Waals surface area contributed by atoms with E-state index in [4.69, 9.17) is 0 Å². The van der Waals surface area contributed by atoms with Crippen LogP contribution in [-0.2, 0) is 9.53 Å². The van der Waals surface area contributed by atoms with Crippen LogP contribution in [0.15, 0.2) is 24.3 Å². The highest BCUT2D eigenvalue weighted by atomic mass is 19.3. The Hall–Kier alpha value is -1.69. The summed E-state index contributed by atoms with van der Waals surface area (Å²) in [6, 6.07) is 5.69. The van der Waals surface area contributed by atoms with Crippen LogP contribution in [-0.4, -0.2) is 25.7 Å². The highest BCUT2D eigenvalue weighted by Gasteiger charge is 2.16. The zero-order chi connectivity index (χ0) is 14.4. The van der Waals surface area contributed by atoms with Crippen LogP contribution in [0.1, 0.15) is 25.5 Å². The van der Waals surface area contributed by atoms with Crippen molar-refractivity contribution in [3.8, 4) is 5.75 Å². The Bertz CT molecular complexity index is 409. The Labute approximate surface area is 110 Å². The minimum atomic E-state index is -2.83. The van der Waals surface area contributed by atoms with E-state index in [2.05, 4.69) is 14.8 Å². The molecule has 0 aliphatic rings. The molecule has 0 spiro atoms. The molecule has 0 aliphatic carbocycles. The molecule has 0 heterocycles. The summed E-state index contributed by atoms with van der Waals surface area (Å²) in [5, 5.41) is 3.04. The van der Waals surface area contributed by atoms with E-state index in [9.17, 15) is 13.6 Å². The van der Waals surface area contributed by atoms with Crippen molar-refractivity contribution in [1.29, 1.82) is 0 Å². The summed E-state index contributed by atoms with van der Waals surface area (Å²) in [4.78, 5) is 11.3. The average molecular weight is 273 g/mol. The summed E-state index contributed by atoms with van der Waals surface area (Å²) < 4.78 is 32.9. The van der Waals surface area contributed by atoms with Gasteiger partial charge < -0.3 is 9.47 Å². The lowest BCUT2D eigenvalue weighted by molar-refractivity contribution is -0.142. The van der Waals surface area contributed by atoms with Crippen LogP contribution in [0, 0.1) is 0 Å². The van der Waals surface area contributed by atoms with Gasteiger partial charge in [-0.1, -0.05) is 12.1 Å². The van der Waals surface area contributed by atoms with Gasteiger partial charge in [0.2, 0.25) is 0 Å². The minimum absolute atomic E-state index is 0.104. The molecule has 0 amide bonds. The molecule has 0 saturated carbocycles. The monoisotopic (exact) mass is 273 g/mol. The van der Waals surface area contributed by atoms with Gasteiger partial charge in [0.1, 0.15) is 11.8 Å². The van der Waals surface area contributed by atoms with Crippen LogP contribution in [0.4, 0.5) is 8.78 Å². The summed E-state index contributed by atoms with van der Waals surface area (Å²) in [6.07, 6.45) is 0. The topological polar surface area (TPSA) is 47.6 Å². The maximum atomic E-state index is 12.0. The minimum Gasteiger partial charge on any atom is -0.468 e. The SMILES string of the molecule is COC(=O)C(C)NC(C)c1ccc(OC(F)F)cc1. The molecular formula is C13H17F2NO3. The van der Waals surface area contributed by atoms with E-state index in [-0.39, 0.29) is 17.8 Å². The number of hydrogen-bond donors (Lipinski definition) is 1. The van der Waals surface area contributed by atoms with Gasteiger partial charge in [-0.2, -0.15) is 8.78 Å². The zero-order valence-corrected chi connectivity index (χ0v) is 11.0. The quantitative estimate of drug-likeness (QED) is 0.809. The van der Waals surface area contributed by atoms with Gasteiger partial charge in [0, 0.05) is 6.04 Å². The fourth-order valence-corrected chi connectivity index (χ4v) is 1.65. The molecule has 1 aromatic carbocycles. The molecule has 4 nitrogen and oxygen atoms in total. The highest BCUT2D eigenvalue weighted by molar-refractivity contribution is 5.75. The van der Waals surface area contributed by atoms with Crippen LogP contribution >= 0.6 is 0 Å². The number of hydrogen-bond acceptors (Lipinski definition) is 4. The smallest absolute Gasteiger partial charge is 0.387 e. The molecule has 0 aliphatic heterocycles. The zero-order valence-electron chi connectivity index (χ0n) is 11.0. The van der Waals surface area contributed by atoms with Crippen molar-refractivity contribution in [2.24, 2.45) is 0 Å². The average Bonchev–Trinajstić information content (AvgIpc) is 2.37. The Morgan fingerprint density at radius 2 is 1.79 bits per heavy atom. The number of benzene rings is 1. The van der Waals surface area contributed by atoms with Crippen molar-refractivity contribution in [3.63, 3.8) is 0 Å². The molecule has 1 rings (SSSR count). The third-order valence-electron chi connectivity index (χ3n) is 2.66. The second-order valence-electron chi connectivity index (χ2n) is 4.08. The summed E-state index contributed by atoms with van der Waals surface area (Å²) in [5.74, 6) is -0.253. The number of rotatable bonds is 6. The van der Waals surface area contributed by atoms with E-state index in [0.29, 0.717) is 0 Å². The molecule has 0 aromatic heterocycles. The van der Waals surface area contributed by atoms with Crippen molar-refractivity contribution in [1.82, 2.24) is 5.32 Å². The van der Waals surface area contributed by atoms with Gasteiger partial charge in [0.05, 0.1) is 7.11 Å². The van der Waals surface area contributed by atoms with Gasteiger partial charge in [-0.25, -0.2) is 0 Å². The first-order chi connectivity index (χ1) is 8.93. The first-order valence-electron chi connectivity index (χ1n) is 5.82. The summed E-state index contributed by atoms with van der Waals surface area (Å²) >= 11 is 0. The lowest BCUT2D eigenvalue weighted by Crippen LogP contribution is -2.36. The van der Waals surface area contributed by atoms with Crippen molar-refractivity contribution >= 4 is 5.97 Å². The molecule has 19 heavy (non-hydrogen) atoms. The van der Waals surface area contributed by atoms with E-state index in [1.54, 1.807) is 19.1 Å². The van der Waals surface area contributed by atoms with Gasteiger partial charge in [-0.3, -0.25) is 10.1 Å². The predicted molar refractivity (Wildman–Crippen MR) is 66.1 cm³/mol. The lowest BCUT2D eigenvalue weighted by Gasteiger charge is -2.18. The fourth-order valence-electron chi connectivity index (χ4n) is 1.65. The van der Waals surface area contributed by atoms with E-state index in [0.717, 1.165) is 5.56 Å². The number of alkyl halides is 2. The van der Waals surface area contributed by atoms with Crippen LogP contribution in [0.5, 0.6) is 5.75 Å². The normalized spacial score (nSPS) is 14.0. The number of nitrogens with one attached hydrogen (secondary N) is 1. The van der Waals surface area contributed by atoms with E-state index in [1.165, 1.54) is 19.2 Å². The largest absolute Gasteiger partial charge is 0.468 e. The van der Waals surface area contributed by atoms with Crippen molar-refractivity contribution in [3.05, 3.63) is 29.8 Å².